The minimum Gasteiger partial charge on any atom is -0.363 e. The quantitative estimate of drug-likeness (QED) is 0.670. The lowest BCUT2D eigenvalue weighted by molar-refractivity contribution is 0.613. The van der Waals surface area contributed by atoms with Crippen LogP contribution in [-0.2, 0) is 6.54 Å². The van der Waals surface area contributed by atoms with Crippen LogP contribution in [0.3, 0.4) is 0 Å². The molecule has 1 aliphatic rings. The lowest BCUT2D eigenvalue weighted by atomic mass is 10.1. The van der Waals surface area contributed by atoms with Crippen LogP contribution < -0.4 is 15.5 Å². The van der Waals surface area contributed by atoms with E-state index in [2.05, 4.69) is 39.9 Å². The van der Waals surface area contributed by atoms with Crippen LogP contribution in [0.5, 0.6) is 0 Å². The van der Waals surface area contributed by atoms with Crippen molar-refractivity contribution in [3.63, 3.8) is 0 Å². The monoisotopic (exact) mass is 325 g/mol. The van der Waals surface area contributed by atoms with Crippen molar-refractivity contribution < 1.29 is 0 Å². The summed E-state index contributed by atoms with van der Waals surface area (Å²) in [6, 6.07) is 11.0. The van der Waals surface area contributed by atoms with Crippen LogP contribution in [0.25, 0.3) is 10.9 Å². The zero-order valence-electron chi connectivity index (χ0n) is 14.8. The zero-order valence-corrected chi connectivity index (χ0v) is 14.8. The van der Waals surface area contributed by atoms with Crippen molar-refractivity contribution in [2.24, 2.45) is 4.99 Å². The van der Waals surface area contributed by atoms with E-state index >= 15 is 0 Å². The Morgan fingerprint density at radius 1 is 1.25 bits per heavy atom. The van der Waals surface area contributed by atoms with E-state index in [1.165, 1.54) is 36.6 Å². The van der Waals surface area contributed by atoms with Gasteiger partial charge in [-0.3, -0.25) is 4.99 Å². The molecular formula is C19H27N5. The van der Waals surface area contributed by atoms with Gasteiger partial charge in [0.25, 0.3) is 0 Å². The molecule has 0 atom stereocenters. The first-order valence-electron chi connectivity index (χ1n) is 8.70. The number of para-hydroxylation sites is 1. The molecule has 0 amide bonds. The van der Waals surface area contributed by atoms with E-state index in [-0.39, 0.29) is 0 Å². The standard InChI is InChI=1S/C19H27N5/c1-20-19(22-15-8-4-5-9-15)21-13-14-12-18(24(2)3)23-17-11-7-6-10-16(14)17/h6-7,10-12,15H,4-5,8-9,13H2,1-3H3,(H2,20,21,22). The van der Waals surface area contributed by atoms with Gasteiger partial charge >= 0.3 is 0 Å². The Bertz CT molecular complexity index is 717. The average Bonchev–Trinajstić information content (AvgIpc) is 3.11. The number of hydrogen-bond donors (Lipinski definition) is 2. The van der Waals surface area contributed by atoms with Gasteiger partial charge in [-0.2, -0.15) is 0 Å². The Labute approximate surface area is 144 Å². The molecule has 2 N–H and O–H groups in total. The van der Waals surface area contributed by atoms with E-state index in [1.807, 2.05) is 32.1 Å². The van der Waals surface area contributed by atoms with E-state index in [4.69, 9.17) is 4.98 Å². The number of hydrogen-bond acceptors (Lipinski definition) is 3. The van der Waals surface area contributed by atoms with Gasteiger partial charge in [0.1, 0.15) is 5.82 Å². The molecule has 1 aromatic carbocycles. The summed E-state index contributed by atoms with van der Waals surface area (Å²) < 4.78 is 0. The SMILES string of the molecule is CN=C(NCc1cc(N(C)C)nc2ccccc12)NC1CCCC1. The molecule has 3 rings (SSSR count). The number of fused-ring (bicyclic) bond motifs is 1. The third kappa shape index (κ3) is 3.78. The van der Waals surface area contributed by atoms with E-state index in [0.717, 1.165) is 23.8 Å². The van der Waals surface area contributed by atoms with Crippen LogP contribution in [0.4, 0.5) is 5.82 Å². The Balaban J connectivity index is 1.78. The van der Waals surface area contributed by atoms with Gasteiger partial charge in [0.05, 0.1) is 5.52 Å². The molecule has 0 unspecified atom stereocenters. The van der Waals surface area contributed by atoms with Crippen LogP contribution in [0.2, 0.25) is 0 Å². The van der Waals surface area contributed by atoms with Gasteiger partial charge < -0.3 is 15.5 Å². The van der Waals surface area contributed by atoms with Gasteiger partial charge in [-0.25, -0.2) is 4.98 Å². The molecular weight excluding hydrogens is 298 g/mol. The first-order chi connectivity index (χ1) is 11.7. The molecule has 1 saturated carbocycles. The minimum atomic E-state index is 0.558. The number of benzene rings is 1. The number of aliphatic imine (C=N–C) groups is 1. The van der Waals surface area contributed by atoms with Crippen LogP contribution in [0.15, 0.2) is 35.3 Å². The third-order valence-electron chi connectivity index (χ3n) is 4.61. The van der Waals surface area contributed by atoms with Crippen molar-refractivity contribution in [1.29, 1.82) is 0 Å². The van der Waals surface area contributed by atoms with Gasteiger partial charge in [0.2, 0.25) is 0 Å². The summed E-state index contributed by atoms with van der Waals surface area (Å²) in [4.78, 5) is 11.1. The largest absolute Gasteiger partial charge is 0.363 e. The molecule has 0 bridgehead atoms. The Morgan fingerprint density at radius 2 is 2.00 bits per heavy atom. The van der Waals surface area contributed by atoms with E-state index in [9.17, 15) is 0 Å². The van der Waals surface area contributed by atoms with Gasteiger partial charge in [-0.15, -0.1) is 0 Å². The lowest BCUT2D eigenvalue weighted by Crippen LogP contribution is -2.42. The highest BCUT2D eigenvalue weighted by Crippen LogP contribution is 2.22. The Hall–Kier alpha value is -2.30. The number of guanidine groups is 1. The van der Waals surface area contributed by atoms with Gasteiger partial charge in [0.15, 0.2) is 5.96 Å². The fraction of sp³-hybridized carbons (Fsp3) is 0.474. The Morgan fingerprint density at radius 3 is 2.71 bits per heavy atom. The van der Waals surface area contributed by atoms with Crippen molar-refractivity contribution in [3.05, 3.63) is 35.9 Å². The topological polar surface area (TPSA) is 52.6 Å². The van der Waals surface area contributed by atoms with Crippen molar-refractivity contribution >= 4 is 22.7 Å². The summed E-state index contributed by atoms with van der Waals surface area (Å²) in [6.07, 6.45) is 5.11. The molecule has 0 aliphatic heterocycles. The first kappa shape index (κ1) is 16.6. The average molecular weight is 325 g/mol. The molecule has 0 radical (unpaired) electrons. The maximum atomic E-state index is 4.72. The second-order valence-corrected chi connectivity index (χ2v) is 6.60. The summed E-state index contributed by atoms with van der Waals surface area (Å²) in [6.45, 7) is 0.732. The highest BCUT2D eigenvalue weighted by molar-refractivity contribution is 5.85. The molecule has 24 heavy (non-hydrogen) atoms. The minimum absolute atomic E-state index is 0.558. The van der Waals surface area contributed by atoms with E-state index in [0.29, 0.717) is 6.04 Å². The lowest BCUT2D eigenvalue weighted by Gasteiger charge is -2.19. The van der Waals surface area contributed by atoms with Crippen molar-refractivity contribution in [3.8, 4) is 0 Å². The summed E-state index contributed by atoms with van der Waals surface area (Å²) in [5, 5.41) is 8.18. The van der Waals surface area contributed by atoms with Gasteiger partial charge in [-0.1, -0.05) is 31.0 Å². The summed E-state index contributed by atoms with van der Waals surface area (Å²) >= 11 is 0. The number of pyridine rings is 1. The summed E-state index contributed by atoms with van der Waals surface area (Å²) in [5.74, 6) is 1.86. The van der Waals surface area contributed by atoms with Crippen LogP contribution >= 0.6 is 0 Å². The number of rotatable bonds is 4. The van der Waals surface area contributed by atoms with Gasteiger partial charge in [0, 0.05) is 39.1 Å². The third-order valence-corrected chi connectivity index (χ3v) is 4.61. The number of nitrogens with one attached hydrogen (secondary N) is 2. The van der Waals surface area contributed by atoms with E-state index in [1.54, 1.807) is 0 Å². The highest BCUT2D eigenvalue weighted by Gasteiger charge is 2.16. The molecule has 128 valence electrons. The zero-order chi connectivity index (χ0) is 16.9. The maximum absolute atomic E-state index is 4.72. The van der Waals surface area contributed by atoms with Crippen LogP contribution in [0.1, 0.15) is 31.2 Å². The van der Waals surface area contributed by atoms with Gasteiger partial charge in [-0.05, 0) is 30.5 Å². The second-order valence-electron chi connectivity index (χ2n) is 6.60. The molecule has 5 nitrogen and oxygen atoms in total. The molecule has 0 saturated heterocycles. The molecule has 2 aromatic rings. The van der Waals surface area contributed by atoms with Crippen LogP contribution in [-0.4, -0.2) is 38.1 Å². The molecule has 0 spiro atoms. The van der Waals surface area contributed by atoms with E-state index < -0.39 is 0 Å². The molecule has 1 fully saturated rings. The first-order valence-corrected chi connectivity index (χ1v) is 8.70. The summed E-state index contributed by atoms with van der Waals surface area (Å²) in [5.41, 5.74) is 2.26. The van der Waals surface area contributed by atoms with Crippen molar-refractivity contribution in [1.82, 2.24) is 15.6 Å². The molecule has 1 aliphatic carbocycles. The van der Waals surface area contributed by atoms with Crippen molar-refractivity contribution in [2.75, 3.05) is 26.0 Å². The van der Waals surface area contributed by atoms with Crippen LogP contribution in [0, 0.1) is 0 Å². The smallest absolute Gasteiger partial charge is 0.191 e. The second kappa shape index (κ2) is 7.51. The number of nitrogens with zero attached hydrogens (tertiary/aromatic N) is 3. The number of anilines is 1. The Kier molecular flexibility index (Phi) is 5.18. The maximum Gasteiger partial charge on any atom is 0.191 e. The summed E-state index contributed by atoms with van der Waals surface area (Å²) in [7, 11) is 5.88. The predicted molar refractivity (Wildman–Crippen MR) is 102 cm³/mol. The predicted octanol–water partition coefficient (Wildman–Crippen LogP) is 2.91. The molecule has 5 heteroatoms. The fourth-order valence-electron chi connectivity index (χ4n) is 3.24. The molecule has 1 aromatic heterocycles. The fourth-order valence-corrected chi connectivity index (χ4v) is 3.24. The van der Waals surface area contributed by atoms with Crippen molar-refractivity contribution in [2.45, 2.75) is 38.3 Å². The number of aromatic nitrogens is 1. The highest BCUT2D eigenvalue weighted by atomic mass is 15.2. The molecule has 1 heterocycles. The normalized spacial score (nSPS) is 15.7.